The van der Waals surface area contributed by atoms with Crippen LogP contribution in [0.2, 0.25) is 0 Å². The van der Waals surface area contributed by atoms with Crippen molar-refractivity contribution in [3.63, 3.8) is 0 Å². The molecule has 1 saturated carbocycles. The molecule has 2 heterocycles. The summed E-state index contributed by atoms with van der Waals surface area (Å²) in [5.74, 6) is 0.532. The monoisotopic (exact) mass is 310 g/mol. The average molecular weight is 310 g/mol. The van der Waals surface area contributed by atoms with Crippen molar-refractivity contribution in [2.45, 2.75) is 18.8 Å². The van der Waals surface area contributed by atoms with E-state index in [-0.39, 0.29) is 5.75 Å². The van der Waals surface area contributed by atoms with Crippen LogP contribution in [0, 0.1) is 0 Å². The highest BCUT2D eigenvalue weighted by Crippen LogP contribution is 2.39. The minimum Gasteiger partial charge on any atom is -0.381 e. The van der Waals surface area contributed by atoms with Gasteiger partial charge in [0.2, 0.25) is 15.7 Å². The average Bonchev–Trinajstić information content (AvgIpc) is 3.16. The van der Waals surface area contributed by atoms with Crippen LogP contribution in [0.15, 0.2) is 12.4 Å². The Hall–Kier alpha value is -1.74. The Morgan fingerprint density at radius 3 is 2.86 bits per heavy atom. The summed E-state index contributed by atoms with van der Waals surface area (Å²) >= 11 is 0. The van der Waals surface area contributed by atoms with Gasteiger partial charge in [-0.25, -0.2) is 12.7 Å². The van der Waals surface area contributed by atoms with Crippen molar-refractivity contribution >= 4 is 21.4 Å². The highest BCUT2D eigenvalue weighted by atomic mass is 32.2. The summed E-state index contributed by atoms with van der Waals surface area (Å²) in [5, 5.41) is 15.5. The Balaban J connectivity index is 1.78. The van der Waals surface area contributed by atoms with Crippen LogP contribution in [0.25, 0.3) is 5.65 Å². The first-order chi connectivity index (χ1) is 9.97. The largest absolute Gasteiger partial charge is 0.381 e. The molecule has 0 amide bonds. The molecule has 0 atom stereocenters. The molecule has 0 spiro atoms. The van der Waals surface area contributed by atoms with Crippen LogP contribution in [0.1, 0.15) is 24.5 Å². The number of anilines is 1. The van der Waals surface area contributed by atoms with Crippen molar-refractivity contribution in [3.8, 4) is 0 Å². The first-order valence-electron chi connectivity index (χ1n) is 6.82. The number of sulfonamides is 1. The second kappa shape index (κ2) is 5.23. The number of hydrogen-bond acceptors (Lipinski definition) is 6. The lowest BCUT2D eigenvalue weighted by molar-refractivity contribution is 0.521. The maximum atomic E-state index is 11.8. The van der Waals surface area contributed by atoms with Crippen molar-refractivity contribution in [2.75, 3.05) is 31.7 Å². The van der Waals surface area contributed by atoms with Crippen molar-refractivity contribution in [1.82, 2.24) is 24.1 Å². The smallest absolute Gasteiger partial charge is 0.215 e. The van der Waals surface area contributed by atoms with Crippen molar-refractivity contribution in [2.24, 2.45) is 0 Å². The number of aromatic nitrogens is 4. The number of nitrogens with zero attached hydrogens (tertiary/aromatic N) is 5. The molecular formula is C12H18N6O2S. The summed E-state index contributed by atoms with van der Waals surface area (Å²) in [6.45, 7) is 0.317. The molecule has 2 aromatic heterocycles. The standard InChI is InChI=1S/C12H18N6O2S/c1-17(2)21(19,20)6-5-13-11-7-10(9-3-4-9)16-18-8-14-15-12(11)18/h7-9,13H,3-6H2,1-2H3. The van der Waals surface area contributed by atoms with E-state index in [1.165, 1.54) is 18.4 Å². The highest BCUT2D eigenvalue weighted by Gasteiger charge is 2.26. The third-order valence-corrected chi connectivity index (χ3v) is 5.35. The van der Waals surface area contributed by atoms with Gasteiger partial charge < -0.3 is 5.32 Å². The van der Waals surface area contributed by atoms with Gasteiger partial charge in [-0.15, -0.1) is 10.2 Å². The first kappa shape index (κ1) is 14.2. The summed E-state index contributed by atoms with van der Waals surface area (Å²) in [7, 11) is -0.147. The zero-order chi connectivity index (χ0) is 15.0. The highest BCUT2D eigenvalue weighted by molar-refractivity contribution is 7.89. The van der Waals surface area contributed by atoms with Gasteiger partial charge in [-0.3, -0.25) is 0 Å². The minimum absolute atomic E-state index is 0.0291. The van der Waals surface area contributed by atoms with Crippen molar-refractivity contribution in [3.05, 3.63) is 18.1 Å². The Kier molecular flexibility index (Phi) is 3.54. The molecule has 2 aromatic rings. The van der Waals surface area contributed by atoms with E-state index in [4.69, 9.17) is 0 Å². The molecule has 0 radical (unpaired) electrons. The molecule has 114 valence electrons. The maximum Gasteiger partial charge on any atom is 0.215 e. The topological polar surface area (TPSA) is 92.5 Å². The normalized spacial score (nSPS) is 15.8. The SMILES string of the molecule is CN(C)S(=O)(=O)CCNc1cc(C2CC2)nn2cnnc12. The van der Waals surface area contributed by atoms with Crippen LogP contribution >= 0.6 is 0 Å². The van der Waals surface area contributed by atoms with Gasteiger partial charge in [-0.05, 0) is 18.9 Å². The van der Waals surface area contributed by atoms with E-state index in [9.17, 15) is 8.42 Å². The molecular weight excluding hydrogens is 292 g/mol. The van der Waals surface area contributed by atoms with E-state index >= 15 is 0 Å². The predicted octanol–water partition coefficient (Wildman–Crippen LogP) is 0.305. The quantitative estimate of drug-likeness (QED) is 0.825. The lowest BCUT2D eigenvalue weighted by atomic mass is 10.2. The predicted molar refractivity (Wildman–Crippen MR) is 78.7 cm³/mol. The number of fused-ring (bicyclic) bond motifs is 1. The van der Waals surface area contributed by atoms with Gasteiger partial charge in [0, 0.05) is 26.6 Å². The molecule has 1 fully saturated rings. The lowest BCUT2D eigenvalue weighted by Gasteiger charge is -2.13. The maximum absolute atomic E-state index is 11.8. The Morgan fingerprint density at radius 1 is 1.43 bits per heavy atom. The van der Waals surface area contributed by atoms with Crippen LogP contribution in [0.3, 0.4) is 0 Å². The fraction of sp³-hybridized carbons (Fsp3) is 0.583. The van der Waals surface area contributed by atoms with E-state index in [2.05, 4.69) is 20.6 Å². The van der Waals surface area contributed by atoms with Crippen LogP contribution in [-0.4, -0.2) is 58.9 Å². The van der Waals surface area contributed by atoms with Gasteiger partial charge >= 0.3 is 0 Å². The molecule has 0 saturated heterocycles. The summed E-state index contributed by atoms with van der Waals surface area (Å²) in [6, 6.07) is 1.95. The third-order valence-electron chi connectivity index (χ3n) is 3.51. The second-order valence-corrected chi connectivity index (χ2v) is 7.68. The molecule has 9 heteroatoms. The number of rotatable bonds is 6. The molecule has 1 N–H and O–H groups in total. The van der Waals surface area contributed by atoms with Crippen LogP contribution in [0.5, 0.6) is 0 Å². The molecule has 0 aliphatic heterocycles. The van der Waals surface area contributed by atoms with Crippen molar-refractivity contribution < 1.29 is 8.42 Å². The summed E-state index contributed by atoms with van der Waals surface area (Å²) in [5.41, 5.74) is 2.39. The molecule has 8 nitrogen and oxygen atoms in total. The van der Waals surface area contributed by atoms with Crippen LogP contribution in [0.4, 0.5) is 5.69 Å². The van der Waals surface area contributed by atoms with E-state index < -0.39 is 10.0 Å². The summed E-state index contributed by atoms with van der Waals surface area (Å²) in [6.07, 6.45) is 3.85. The molecule has 0 unspecified atom stereocenters. The van der Waals surface area contributed by atoms with Gasteiger partial charge in [-0.2, -0.15) is 9.61 Å². The van der Waals surface area contributed by atoms with E-state index in [1.807, 2.05) is 6.07 Å². The molecule has 0 aromatic carbocycles. The van der Waals surface area contributed by atoms with Gasteiger partial charge in [0.25, 0.3) is 0 Å². The zero-order valence-electron chi connectivity index (χ0n) is 12.0. The number of nitrogens with one attached hydrogen (secondary N) is 1. The van der Waals surface area contributed by atoms with Gasteiger partial charge in [-0.1, -0.05) is 0 Å². The molecule has 3 rings (SSSR count). The zero-order valence-corrected chi connectivity index (χ0v) is 12.8. The van der Waals surface area contributed by atoms with Gasteiger partial charge in [0.05, 0.1) is 17.1 Å². The molecule has 1 aliphatic carbocycles. The van der Waals surface area contributed by atoms with Gasteiger partial charge in [0.1, 0.15) is 6.33 Å². The van der Waals surface area contributed by atoms with E-state index in [0.29, 0.717) is 18.1 Å². The molecule has 21 heavy (non-hydrogen) atoms. The van der Waals surface area contributed by atoms with E-state index in [1.54, 1.807) is 10.8 Å². The molecule has 0 bridgehead atoms. The minimum atomic E-state index is -3.21. The van der Waals surface area contributed by atoms with Crippen LogP contribution < -0.4 is 5.32 Å². The summed E-state index contributed by atoms with van der Waals surface area (Å²) in [4.78, 5) is 0. The first-order valence-corrected chi connectivity index (χ1v) is 8.43. The molecule has 1 aliphatic rings. The Bertz CT molecular complexity index is 750. The lowest BCUT2D eigenvalue weighted by Crippen LogP contribution is -2.28. The Labute approximate surface area is 123 Å². The van der Waals surface area contributed by atoms with Gasteiger partial charge in [0.15, 0.2) is 0 Å². The van der Waals surface area contributed by atoms with Crippen molar-refractivity contribution in [1.29, 1.82) is 0 Å². The fourth-order valence-corrected chi connectivity index (χ4v) is 2.78. The second-order valence-electron chi connectivity index (χ2n) is 5.38. The fourth-order valence-electron chi connectivity index (χ4n) is 2.05. The van der Waals surface area contributed by atoms with E-state index in [0.717, 1.165) is 24.2 Å². The number of hydrogen-bond donors (Lipinski definition) is 1. The third kappa shape index (κ3) is 2.98. The van der Waals surface area contributed by atoms with Crippen LogP contribution in [-0.2, 0) is 10.0 Å². The summed E-state index contributed by atoms with van der Waals surface area (Å²) < 4.78 is 26.4. The Morgan fingerprint density at radius 2 is 2.19 bits per heavy atom.